The molecule has 0 aliphatic carbocycles. The molecule has 5 nitrogen and oxygen atoms in total. The summed E-state index contributed by atoms with van der Waals surface area (Å²) < 4.78 is 3.03. The lowest BCUT2D eigenvalue weighted by atomic mass is 10.1. The summed E-state index contributed by atoms with van der Waals surface area (Å²) in [6, 6.07) is 8.15. The molecule has 1 aliphatic rings. The number of carbonyl (C=O) groups is 1. The third-order valence-corrected chi connectivity index (χ3v) is 4.66. The monoisotopic (exact) mass is 358 g/mol. The van der Waals surface area contributed by atoms with Crippen LogP contribution < -0.4 is 0 Å². The molecule has 0 unspecified atom stereocenters. The average molecular weight is 359 g/mol. The summed E-state index contributed by atoms with van der Waals surface area (Å²) in [6.45, 7) is 1.72. The normalized spacial score (nSPS) is 14.3. The van der Waals surface area contributed by atoms with Gasteiger partial charge in [0.05, 0.1) is 24.3 Å². The lowest BCUT2D eigenvalue weighted by molar-refractivity contribution is -0.132. The van der Waals surface area contributed by atoms with E-state index in [1.807, 2.05) is 33.9 Å². The van der Waals surface area contributed by atoms with E-state index < -0.39 is 0 Å². The zero-order valence-corrected chi connectivity index (χ0v) is 13.5. The highest BCUT2D eigenvalue weighted by molar-refractivity contribution is 9.10. The van der Waals surface area contributed by atoms with Gasteiger partial charge in [0.15, 0.2) is 0 Å². The second kappa shape index (κ2) is 5.28. The molecule has 112 valence electrons. The fourth-order valence-electron chi connectivity index (χ4n) is 2.97. The van der Waals surface area contributed by atoms with Gasteiger partial charge < -0.3 is 14.5 Å². The number of H-pyrrole nitrogens is 1. The molecule has 0 atom stereocenters. The van der Waals surface area contributed by atoms with Crippen LogP contribution in [0.2, 0.25) is 0 Å². The van der Waals surface area contributed by atoms with Gasteiger partial charge in [-0.3, -0.25) is 4.79 Å². The van der Waals surface area contributed by atoms with Gasteiger partial charge in [-0.05, 0) is 23.6 Å². The highest BCUT2D eigenvalue weighted by Gasteiger charge is 2.22. The number of benzene rings is 1. The number of amides is 1. The highest BCUT2D eigenvalue weighted by atomic mass is 79.9. The fraction of sp³-hybridized carbons (Fsp3) is 0.250. The summed E-state index contributed by atoms with van der Waals surface area (Å²) in [7, 11) is 0. The Bertz CT molecular complexity index is 851. The number of rotatable bonds is 2. The number of fused-ring (bicyclic) bond motifs is 2. The molecule has 0 saturated carbocycles. The molecule has 3 heterocycles. The number of aromatic amines is 1. The zero-order chi connectivity index (χ0) is 15.1. The lowest BCUT2D eigenvalue weighted by Gasteiger charge is -2.26. The molecule has 22 heavy (non-hydrogen) atoms. The van der Waals surface area contributed by atoms with Crippen LogP contribution in [0.4, 0.5) is 0 Å². The van der Waals surface area contributed by atoms with Crippen LogP contribution in [0.5, 0.6) is 0 Å². The quantitative estimate of drug-likeness (QED) is 0.765. The number of hydrogen-bond acceptors (Lipinski definition) is 2. The van der Waals surface area contributed by atoms with Crippen LogP contribution in [0, 0.1) is 0 Å². The van der Waals surface area contributed by atoms with Crippen molar-refractivity contribution in [3.8, 4) is 0 Å². The Labute approximate surface area is 136 Å². The van der Waals surface area contributed by atoms with E-state index in [1.165, 1.54) is 0 Å². The molecule has 0 spiro atoms. The van der Waals surface area contributed by atoms with Crippen LogP contribution in [-0.4, -0.2) is 31.9 Å². The van der Waals surface area contributed by atoms with Crippen LogP contribution in [0.25, 0.3) is 10.9 Å². The first-order chi connectivity index (χ1) is 10.7. The van der Waals surface area contributed by atoms with E-state index in [-0.39, 0.29) is 5.91 Å². The fourth-order valence-corrected chi connectivity index (χ4v) is 3.31. The summed E-state index contributed by atoms with van der Waals surface area (Å²) in [4.78, 5) is 21.9. The summed E-state index contributed by atoms with van der Waals surface area (Å²) in [5.41, 5.74) is 3.21. The molecule has 0 radical (unpaired) electrons. The van der Waals surface area contributed by atoms with Crippen molar-refractivity contribution in [2.75, 3.05) is 6.54 Å². The van der Waals surface area contributed by atoms with Crippen molar-refractivity contribution in [3.63, 3.8) is 0 Å². The van der Waals surface area contributed by atoms with E-state index in [1.54, 1.807) is 6.33 Å². The number of aromatic nitrogens is 3. The van der Waals surface area contributed by atoms with Crippen LogP contribution in [0.1, 0.15) is 11.4 Å². The number of hydrogen-bond donors (Lipinski definition) is 1. The maximum Gasteiger partial charge on any atom is 0.242 e. The first kappa shape index (κ1) is 13.6. The van der Waals surface area contributed by atoms with Gasteiger partial charge in [-0.15, -0.1) is 0 Å². The minimum Gasteiger partial charge on any atom is -0.347 e. The van der Waals surface area contributed by atoms with Crippen LogP contribution in [0.15, 0.2) is 41.3 Å². The van der Waals surface area contributed by atoms with Crippen molar-refractivity contribution in [1.82, 2.24) is 19.4 Å². The predicted molar refractivity (Wildman–Crippen MR) is 87.3 cm³/mol. The first-order valence-electron chi connectivity index (χ1n) is 7.24. The average Bonchev–Trinajstić information content (AvgIpc) is 3.13. The van der Waals surface area contributed by atoms with Crippen molar-refractivity contribution < 1.29 is 4.79 Å². The molecule has 0 saturated heterocycles. The van der Waals surface area contributed by atoms with Crippen molar-refractivity contribution in [2.45, 2.75) is 19.5 Å². The molecular weight excluding hydrogens is 344 g/mol. The minimum atomic E-state index is 0.137. The minimum absolute atomic E-state index is 0.137. The van der Waals surface area contributed by atoms with E-state index in [0.29, 0.717) is 13.1 Å². The Balaban J connectivity index is 1.55. The van der Waals surface area contributed by atoms with Gasteiger partial charge in [0.2, 0.25) is 5.91 Å². The van der Waals surface area contributed by atoms with E-state index in [4.69, 9.17) is 0 Å². The predicted octanol–water partition coefficient (Wildman–Crippen LogP) is 2.71. The molecule has 1 aliphatic heterocycles. The number of carbonyl (C=O) groups excluding carboxylic acids is 1. The lowest BCUT2D eigenvalue weighted by Crippen LogP contribution is -2.38. The third kappa shape index (κ3) is 2.33. The van der Waals surface area contributed by atoms with Crippen molar-refractivity contribution in [2.24, 2.45) is 0 Å². The Morgan fingerprint density at radius 2 is 2.27 bits per heavy atom. The van der Waals surface area contributed by atoms with Gasteiger partial charge in [-0.25, -0.2) is 4.98 Å². The second-order valence-electron chi connectivity index (χ2n) is 5.54. The summed E-state index contributed by atoms with van der Waals surface area (Å²) in [5, 5.41) is 1.14. The van der Waals surface area contributed by atoms with Gasteiger partial charge in [-0.2, -0.15) is 0 Å². The van der Waals surface area contributed by atoms with Crippen molar-refractivity contribution >= 4 is 32.7 Å². The summed E-state index contributed by atoms with van der Waals surface area (Å²) in [5.74, 6) is 0.137. The molecule has 4 rings (SSSR count). The molecule has 0 fully saturated rings. The van der Waals surface area contributed by atoms with Crippen LogP contribution in [-0.2, 0) is 24.3 Å². The van der Waals surface area contributed by atoms with Gasteiger partial charge in [0, 0.05) is 29.2 Å². The third-order valence-electron chi connectivity index (χ3n) is 4.17. The number of nitrogens with zero attached hydrogens (tertiary/aromatic N) is 3. The van der Waals surface area contributed by atoms with Gasteiger partial charge in [0.25, 0.3) is 0 Å². The second-order valence-corrected chi connectivity index (χ2v) is 6.46. The Hall–Kier alpha value is -2.08. The smallest absolute Gasteiger partial charge is 0.242 e. The Morgan fingerprint density at radius 3 is 3.18 bits per heavy atom. The molecule has 1 amide bonds. The number of halogens is 1. The molecule has 1 N–H and O–H groups in total. The topological polar surface area (TPSA) is 53.9 Å². The Morgan fingerprint density at radius 1 is 1.36 bits per heavy atom. The maximum atomic E-state index is 12.6. The Kier molecular flexibility index (Phi) is 3.26. The van der Waals surface area contributed by atoms with Gasteiger partial charge in [-0.1, -0.05) is 22.0 Å². The molecule has 2 aromatic heterocycles. The van der Waals surface area contributed by atoms with Crippen LogP contribution in [0.3, 0.4) is 0 Å². The zero-order valence-electron chi connectivity index (χ0n) is 11.9. The molecule has 0 bridgehead atoms. The van der Waals surface area contributed by atoms with E-state index >= 15 is 0 Å². The van der Waals surface area contributed by atoms with Gasteiger partial charge >= 0.3 is 0 Å². The molecule has 1 aromatic carbocycles. The number of imidazole rings is 1. The van der Waals surface area contributed by atoms with Crippen molar-refractivity contribution in [1.29, 1.82) is 0 Å². The van der Waals surface area contributed by atoms with E-state index in [0.717, 1.165) is 39.7 Å². The molecule has 3 aromatic rings. The summed E-state index contributed by atoms with van der Waals surface area (Å²) in [6.07, 6.45) is 4.50. The summed E-state index contributed by atoms with van der Waals surface area (Å²) >= 11 is 3.49. The van der Waals surface area contributed by atoms with E-state index in [9.17, 15) is 4.79 Å². The van der Waals surface area contributed by atoms with Crippen molar-refractivity contribution in [3.05, 3.63) is 52.7 Å². The molecule has 6 heteroatoms. The first-order valence-corrected chi connectivity index (χ1v) is 8.03. The number of nitrogens with one attached hydrogen (secondary N) is 1. The SMILES string of the molecule is O=C(Cn1ccc2ccc(Br)cc21)N1CCc2nc[nH]c2C1. The van der Waals surface area contributed by atoms with Crippen LogP contribution >= 0.6 is 15.9 Å². The maximum absolute atomic E-state index is 12.6. The standard InChI is InChI=1S/C16H15BrN4O/c17-12-2-1-11-3-5-20(15(11)7-12)9-16(22)21-6-4-13-14(8-21)19-10-18-13/h1-3,5,7,10H,4,6,8-9H2,(H,18,19). The molecular formula is C16H15BrN4O. The van der Waals surface area contributed by atoms with Gasteiger partial charge in [0.1, 0.15) is 6.54 Å². The largest absolute Gasteiger partial charge is 0.347 e. The van der Waals surface area contributed by atoms with E-state index in [2.05, 4.69) is 32.0 Å². The highest BCUT2D eigenvalue weighted by Crippen LogP contribution is 2.22.